The molecule has 1 saturated heterocycles. The van der Waals surface area contributed by atoms with Crippen LogP contribution >= 0.6 is 0 Å². The molecule has 3 aromatic rings. The Bertz CT molecular complexity index is 1280. The van der Waals surface area contributed by atoms with Gasteiger partial charge < -0.3 is 19.3 Å². The molecule has 0 spiro atoms. The number of aliphatic hydroxyl groups is 1. The van der Waals surface area contributed by atoms with Gasteiger partial charge in [0.1, 0.15) is 17.3 Å². The van der Waals surface area contributed by atoms with E-state index in [9.17, 15) is 19.1 Å². The maximum absolute atomic E-state index is 13.6. The van der Waals surface area contributed by atoms with Crippen LogP contribution in [0.2, 0.25) is 0 Å². The number of anilines is 1. The molecular weight excluding hydrogens is 441 g/mol. The Balaban J connectivity index is 1.97. The number of ketones is 1. The number of para-hydroxylation sites is 1. The quantitative estimate of drug-likeness (QED) is 0.330. The van der Waals surface area contributed by atoms with E-state index in [1.54, 1.807) is 36.4 Å². The first kappa shape index (κ1) is 22.8. The van der Waals surface area contributed by atoms with Crippen molar-refractivity contribution in [1.82, 2.24) is 0 Å². The number of carbonyl (C=O) groups is 2. The van der Waals surface area contributed by atoms with Crippen LogP contribution in [0.4, 0.5) is 10.1 Å². The minimum absolute atomic E-state index is 0.133. The smallest absolute Gasteiger partial charge is 0.300 e. The largest absolute Gasteiger partial charge is 0.507 e. The molecule has 1 amide bonds. The summed E-state index contributed by atoms with van der Waals surface area (Å²) in [6.07, 6.45) is 0. The molecule has 174 valence electrons. The predicted molar refractivity (Wildman–Crippen MR) is 124 cm³/mol. The molecule has 4 rings (SSSR count). The first-order valence-electron chi connectivity index (χ1n) is 10.3. The van der Waals surface area contributed by atoms with Crippen LogP contribution in [0.15, 0.2) is 72.3 Å². The van der Waals surface area contributed by atoms with Crippen LogP contribution in [-0.2, 0) is 9.59 Å². The standard InChI is InChI=1S/C26H22FNO6/c1-32-19-7-5-4-6-18(19)23-22(24(29)15-8-13-20(33-2)21(14-15)34-3)25(30)26(31)28(23)17-11-9-16(27)10-12-17/h4-14,23,29H,1-3H3/b24-22+. The number of carbonyl (C=O) groups excluding carboxylic acids is 2. The van der Waals surface area contributed by atoms with Gasteiger partial charge in [-0.05, 0) is 48.5 Å². The van der Waals surface area contributed by atoms with E-state index in [4.69, 9.17) is 14.2 Å². The van der Waals surface area contributed by atoms with Gasteiger partial charge in [0, 0.05) is 16.8 Å². The molecule has 1 atom stereocenters. The van der Waals surface area contributed by atoms with Crippen LogP contribution in [0, 0.1) is 5.82 Å². The van der Waals surface area contributed by atoms with Gasteiger partial charge in [0.2, 0.25) is 0 Å². The van der Waals surface area contributed by atoms with Crippen LogP contribution in [-0.4, -0.2) is 38.1 Å². The molecule has 0 radical (unpaired) electrons. The monoisotopic (exact) mass is 463 g/mol. The third kappa shape index (κ3) is 3.83. The number of benzene rings is 3. The van der Waals surface area contributed by atoms with E-state index in [0.717, 1.165) is 0 Å². The van der Waals surface area contributed by atoms with E-state index in [1.165, 1.54) is 56.6 Å². The minimum Gasteiger partial charge on any atom is -0.507 e. The Hall–Kier alpha value is -4.33. The molecule has 1 unspecified atom stereocenters. The summed E-state index contributed by atoms with van der Waals surface area (Å²) >= 11 is 0. The van der Waals surface area contributed by atoms with E-state index < -0.39 is 23.5 Å². The Kier molecular flexibility index (Phi) is 6.23. The Morgan fingerprint density at radius 1 is 0.853 bits per heavy atom. The number of aliphatic hydroxyl groups excluding tert-OH is 1. The average Bonchev–Trinajstić information content (AvgIpc) is 3.13. The fourth-order valence-electron chi connectivity index (χ4n) is 4.03. The topological polar surface area (TPSA) is 85.3 Å². The summed E-state index contributed by atoms with van der Waals surface area (Å²) in [5.74, 6) is -1.42. The van der Waals surface area contributed by atoms with E-state index >= 15 is 0 Å². The number of amides is 1. The van der Waals surface area contributed by atoms with Gasteiger partial charge in [-0.15, -0.1) is 0 Å². The fourth-order valence-corrected chi connectivity index (χ4v) is 4.03. The van der Waals surface area contributed by atoms with Crippen molar-refractivity contribution in [2.45, 2.75) is 6.04 Å². The maximum atomic E-state index is 13.6. The Morgan fingerprint density at radius 3 is 2.15 bits per heavy atom. The molecule has 0 aliphatic carbocycles. The van der Waals surface area contributed by atoms with Crippen molar-refractivity contribution in [3.63, 3.8) is 0 Å². The third-order valence-corrected chi connectivity index (χ3v) is 5.64. The molecule has 7 nitrogen and oxygen atoms in total. The van der Waals surface area contributed by atoms with Crippen molar-refractivity contribution >= 4 is 23.1 Å². The summed E-state index contributed by atoms with van der Waals surface area (Å²) in [5, 5.41) is 11.3. The summed E-state index contributed by atoms with van der Waals surface area (Å²) < 4.78 is 29.6. The van der Waals surface area contributed by atoms with E-state index in [2.05, 4.69) is 0 Å². The predicted octanol–water partition coefficient (Wildman–Crippen LogP) is 4.48. The number of nitrogens with zero attached hydrogens (tertiary/aromatic N) is 1. The molecule has 1 heterocycles. The average molecular weight is 463 g/mol. The number of Topliss-reactive ketones (excluding diaryl/α,β-unsaturated/α-hetero) is 1. The number of methoxy groups -OCH3 is 3. The Morgan fingerprint density at radius 2 is 1.50 bits per heavy atom. The summed E-state index contributed by atoms with van der Waals surface area (Å²) in [4.78, 5) is 27.7. The minimum atomic E-state index is -1.02. The van der Waals surface area contributed by atoms with Crippen LogP contribution in [0.3, 0.4) is 0 Å². The number of halogens is 1. The van der Waals surface area contributed by atoms with Gasteiger partial charge in [0.05, 0.1) is 32.9 Å². The molecule has 3 aromatic carbocycles. The lowest BCUT2D eigenvalue weighted by atomic mass is 9.94. The van der Waals surface area contributed by atoms with E-state index in [-0.39, 0.29) is 16.9 Å². The highest BCUT2D eigenvalue weighted by Gasteiger charge is 2.48. The van der Waals surface area contributed by atoms with Crippen molar-refractivity contribution in [2.75, 3.05) is 26.2 Å². The Labute approximate surface area is 195 Å². The first-order chi connectivity index (χ1) is 16.4. The molecule has 1 aliphatic rings. The highest BCUT2D eigenvalue weighted by Crippen LogP contribution is 2.45. The van der Waals surface area contributed by atoms with Crippen molar-refractivity contribution in [3.8, 4) is 17.2 Å². The maximum Gasteiger partial charge on any atom is 0.300 e. The number of hydrogen-bond acceptors (Lipinski definition) is 6. The number of hydrogen-bond donors (Lipinski definition) is 1. The van der Waals surface area contributed by atoms with E-state index in [0.29, 0.717) is 28.5 Å². The molecule has 1 aliphatic heterocycles. The summed E-state index contributed by atoms with van der Waals surface area (Å²) in [7, 11) is 4.40. The molecule has 1 fully saturated rings. The molecule has 34 heavy (non-hydrogen) atoms. The zero-order chi connectivity index (χ0) is 24.4. The fraction of sp³-hybridized carbons (Fsp3) is 0.154. The molecule has 0 bridgehead atoms. The summed E-state index contributed by atoms with van der Waals surface area (Å²) in [6.45, 7) is 0. The van der Waals surface area contributed by atoms with Gasteiger partial charge in [-0.2, -0.15) is 0 Å². The lowest BCUT2D eigenvalue weighted by molar-refractivity contribution is -0.132. The zero-order valence-corrected chi connectivity index (χ0v) is 18.7. The molecule has 8 heteroatoms. The first-order valence-corrected chi connectivity index (χ1v) is 10.3. The zero-order valence-electron chi connectivity index (χ0n) is 18.7. The highest BCUT2D eigenvalue weighted by atomic mass is 19.1. The second-order valence-electron chi connectivity index (χ2n) is 7.46. The number of rotatable bonds is 6. The van der Waals surface area contributed by atoms with Crippen molar-refractivity contribution < 1.29 is 33.3 Å². The van der Waals surface area contributed by atoms with Crippen molar-refractivity contribution in [3.05, 3.63) is 89.2 Å². The summed E-state index contributed by atoms with van der Waals surface area (Å²) in [6, 6.07) is 15.7. The lowest BCUT2D eigenvalue weighted by Crippen LogP contribution is -2.29. The van der Waals surface area contributed by atoms with Crippen molar-refractivity contribution in [2.24, 2.45) is 0 Å². The third-order valence-electron chi connectivity index (χ3n) is 5.64. The SMILES string of the molecule is COc1ccc(/C(O)=C2\C(=O)C(=O)N(c3ccc(F)cc3)C2c2ccccc2OC)cc1OC. The second kappa shape index (κ2) is 9.27. The van der Waals surface area contributed by atoms with Gasteiger partial charge in [-0.25, -0.2) is 4.39 Å². The van der Waals surface area contributed by atoms with Gasteiger partial charge in [-0.1, -0.05) is 18.2 Å². The van der Waals surface area contributed by atoms with Crippen LogP contribution in [0.25, 0.3) is 5.76 Å². The molecule has 0 aromatic heterocycles. The molecular formula is C26H22FNO6. The van der Waals surface area contributed by atoms with Crippen LogP contribution < -0.4 is 19.1 Å². The molecule has 0 saturated carbocycles. The normalized spacial score (nSPS) is 17.1. The number of ether oxygens (including phenoxy) is 3. The van der Waals surface area contributed by atoms with Crippen molar-refractivity contribution in [1.29, 1.82) is 0 Å². The van der Waals surface area contributed by atoms with Gasteiger partial charge in [0.15, 0.2) is 11.5 Å². The second-order valence-corrected chi connectivity index (χ2v) is 7.46. The molecule has 1 N–H and O–H groups in total. The summed E-state index contributed by atoms with van der Waals surface area (Å²) in [5.41, 5.74) is 0.905. The van der Waals surface area contributed by atoms with Gasteiger partial charge in [-0.3, -0.25) is 14.5 Å². The lowest BCUT2D eigenvalue weighted by Gasteiger charge is -2.26. The van der Waals surface area contributed by atoms with Crippen LogP contribution in [0.5, 0.6) is 17.2 Å². The van der Waals surface area contributed by atoms with Crippen LogP contribution in [0.1, 0.15) is 17.2 Å². The van der Waals surface area contributed by atoms with E-state index in [1.807, 2.05) is 0 Å². The highest BCUT2D eigenvalue weighted by molar-refractivity contribution is 6.51. The van der Waals surface area contributed by atoms with Gasteiger partial charge >= 0.3 is 0 Å². The van der Waals surface area contributed by atoms with Gasteiger partial charge in [0.25, 0.3) is 11.7 Å².